The van der Waals surface area contributed by atoms with Crippen molar-refractivity contribution in [3.63, 3.8) is 0 Å². The molecule has 0 aliphatic carbocycles. The van der Waals surface area contributed by atoms with E-state index in [0.717, 1.165) is 10.9 Å². The molecule has 0 bridgehead atoms. The minimum atomic E-state index is -10.7. The molecule has 0 atom stereocenters. The first-order valence-electron chi connectivity index (χ1n) is 10.0. The Kier molecular flexibility index (Phi) is 14.9. The van der Waals surface area contributed by atoms with Crippen molar-refractivity contribution in [1.82, 2.24) is 0 Å². The van der Waals surface area contributed by atoms with E-state index in [9.17, 15) is 25.2 Å². The fourth-order valence-corrected chi connectivity index (χ4v) is 4.95. The summed E-state index contributed by atoms with van der Waals surface area (Å²) in [5, 5.41) is 0. The van der Waals surface area contributed by atoms with Crippen molar-refractivity contribution in [1.29, 1.82) is 0 Å². The van der Waals surface area contributed by atoms with Gasteiger partial charge in [0.05, 0.1) is 0 Å². The molecule has 26 heavy (non-hydrogen) atoms. The quantitative estimate of drug-likeness (QED) is 0.105. The molecule has 0 aliphatic rings. The summed E-state index contributed by atoms with van der Waals surface area (Å²) in [6, 6.07) is 0. The van der Waals surface area contributed by atoms with Crippen LogP contribution in [0.3, 0.4) is 0 Å². The molecular formula is C18H39F6PS. The summed E-state index contributed by atoms with van der Waals surface area (Å²) in [5.74, 6) is 4.62. The zero-order valence-electron chi connectivity index (χ0n) is 16.7. The molecule has 0 saturated carbocycles. The van der Waals surface area contributed by atoms with Crippen LogP contribution >= 0.6 is 7.81 Å². The molecule has 0 nitrogen and oxygen atoms in total. The standard InChI is InChI=1S/C18H39S.F6P/c1-4-7-10-13-16-19(17-14-11-8-5-2)18-15-12-9-6-3;1-7(2,3,4,5)6/h4-18H2,1-3H3;/q+1;-1. The van der Waals surface area contributed by atoms with Crippen LogP contribution in [0.15, 0.2) is 0 Å². The van der Waals surface area contributed by atoms with Gasteiger partial charge in [0, 0.05) is 0 Å². The van der Waals surface area contributed by atoms with Gasteiger partial charge in [-0.1, -0.05) is 59.3 Å². The van der Waals surface area contributed by atoms with Gasteiger partial charge in [0.2, 0.25) is 0 Å². The van der Waals surface area contributed by atoms with Crippen LogP contribution in [0.2, 0.25) is 0 Å². The summed E-state index contributed by atoms with van der Waals surface area (Å²) in [7, 11) is -9.89. The molecule has 0 aliphatic heterocycles. The van der Waals surface area contributed by atoms with Crippen molar-refractivity contribution >= 4 is 18.7 Å². The maximum absolute atomic E-state index is 10.7. The minimum absolute atomic E-state index is 0.765. The van der Waals surface area contributed by atoms with Gasteiger partial charge in [-0.05, 0) is 49.4 Å². The molecule has 8 heteroatoms. The van der Waals surface area contributed by atoms with Gasteiger partial charge in [-0.15, -0.1) is 0 Å². The average molecular weight is 433 g/mol. The van der Waals surface area contributed by atoms with Gasteiger partial charge in [-0.2, -0.15) is 0 Å². The molecule has 0 N–H and O–H groups in total. The second-order valence-electron chi connectivity index (χ2n) is 6.87. The van der Waals surface area contributed by atoms with Gasteiger partial charge in [0.15, 0.2) is 0 Å². The van der Waals surface area contributed by atoms with Gasteiger partial charge in [0.1, 0.15) is 17.3 Å². The average Bonchev–Trinajstić information content (AvgIpc) is 2.48. The molecule has 0 radical (unpaired) electrons. The van der Waals surface area contributed by atoms with Crippen molar-refractivity contribution in [2.75, 3.05) is 17.3 Å². The Morgan fingerprint density at radius 3 is 0.885 bits per heavy atom. The van der Waals surface area contributed by atoms with E-state index in [1.165, 1.54) is 94.3 Å². The van der Waals surface area contributed by atoms with Crippen LogP contribution in [0.25, 0.3) is 0 Å². The Hall–Kier alpha value is 0.360. The number of rotatable bonds is 15. The molecule has 0 spiro atoms. The normalized spacial score (nSPS) is 14.5. The fourth-order valence-electron chi connectivity index (χ4n) is 2.51. The van der Waals surface area contributed by atoms with E-state index in [2.05, 4.69) is 20.8 Å². The van der Waals surface area contributed by atoms with Crippen LogP contribution in [0.5, 0.6) is 0 Å². The third kappa shape index (κ3) is 39.4. The van der Waals surface area contributed by atoms with E-state index < -0.39 is 7.81 Å². The molecular weight excluding hydrogens is 393 g/mol. The van der Waals surface area contributed by atoms with E-state index in [-0.39, 0.29) is 0 Å². The Morgan fingerprint density at radius 2 is 0.692 bits per heavy atom. The molecule has 0 amide bonds. The van der Waals surface area contributed by atoms with Gasteiger partial charge >= 0.3 is 33.0 Å². The van der Waals surface area contributed by atoms with E-state index in [1.54, 1.807) is 0 Å². The summed E-state index contributed by atoms with van der Waals surface area (Å²) in [4.78, 5) is 0. The van der Waals surface area contributed by atoms with E-state index in [1.807, 2.05) is 0 Å². The van der Waals surface area contributed by atoms with Crippen LogP contribution in [0, 0.1) is 0 Å². The predicted octanol–water partition coefficient (Wildman–Crippen LogP) is 9.73. The molecule has 0 aromatic rings. The first kappa shape index (κ1) is 28.6. The van der Waals surface area contributed by atoms with Gasteiger partial charge in [-0.3, -0.25) is 0 Å². The fraction of sp³-hybridized carbons (Fsp3) is 1.00. The van der Waals surface area contributed by atoms with Crippen molar-refractivity contribution in [2.24, 2.45) is 0 Å². The molecule has 0 heterocycles. The summed E-state index contributed by atoms with van der Waals surface area (Å²) >= 11 is 0. The van der Waals surface area contributed by atoms with Crippen LogP contribution in [-0.2, 0) is 10.9 Å². The molecule has 0 fully saturated rings. The topological polar surface area (TPSA) is 0 Å². The summed E-state index contributed by atoms with van der Waals surface area (Å²) in [6.45, 7) is 6.94. The predicted molar refractivity (Wildman–Crippen MR) is 108 cm³/mol. The van der Waals surface area contributed by atoms with Crippen LogP contribution in [0.1, 0.15) is 97.8 Å². The summed E-state index contributed by atoms with van der Waals surface area (Å²) in [6.07, 6.45) is 17.4. The van der Waals surface area contributed by atoms with Crippen molar-refractivity contribution in [3.8, 4) is 0 Å². The Labute approximate surface area is 159 Å². The zero-order valence-corrected chi connectivity index (χ0v) is 18.4. The van der Waals surface area contributed by atoms with Gasteiger partial charge in [-0.25, -0.2) is 0 Å². The molecule has 0 saturated heterocycles. The van der Waals surface area contributed by atoms with E-state index >= 15 is 0 Å². The van der Waals surface area contributed by atoms with Crippen molar-refractivity contribution in [2.45, 2.75) is 97.8 Å². The first-order valence-corrected chi connectivity index (χ1v) is 13.8. The number of halogens is 6. The maximum atomic E-state index is 9.87. The van der Waals surface area contributed by atoms with E-state index in [0.29, 0.717) is 0 Å². The number of hydrogen-bond acceptors (Lipinski definition) is 0. The number of unbranched alkanes of at least 4 members (excludes halogenated alkanes) is 9. The first-order chi connectivity index (χ1) is 11.8. The molecule has 0 unspecified atom stereocenters. The Bertz CT molecular complexity index is 277. The third-order valence-corrected chi connectivity index (χ3v) is 6.46. The van der Waals surface area contributed by atoms with Crippen molar-refractivity contribution in [3.05, 3.63) is 0 Å². The Morgan fingerprint density at radius 1 is 0.462 bits per heavy atom. The van der Waals surface area contributed by atoms with Crippen molar-refractivity contribution < 1.29 is 25.2 Å². The van der Waals surface area contributed by atoms with Crippen LogP contribution in [-0.4, -0.2) is 17.3 Å². The Balaban J connectivity index is 0. The summed E-state index contributed by atoms with van der Waals surface area (Å²) in [5.41, 5.74) is 0. The SMILES string of the molecule is CCCCCC[S+](CCCCCC)CCCCCC.F[P-](F)(F)(F)(F)F. The third-order valence-electron chi connectivity index (χ3n) is 3.86. The van der Waals surface area contributed by atoms with Gasteiger partial charge in [0.25, 0.3) is 0 Å². The van der Waals surface area contributed by atoms with E-state index in [4.69, 9.17) is 0 Å². The van der Waals surface area contributed by atoms with Crippen LogP contribution in [0.4, 0.5) is 25.2 Å². The summed E-state index contributed by atoms with van der Waals surface area (Å²) < 4.78 is 59.2. The zero-order chi connectivity index (χ0) is 20.6. The molecule has 0 aromatic heterocycles. The second-order valence-corrected chi connectivity index (χ2v) is 11.2. The monoisotopic (exact) mass is 432 g/mol. The van der Waals surface area contributed by atoms with Gasteiger partial charge < -0.3 is 0 Å². The molecule has 164 valence electrons. The molecule has 0 rings (SSSR count). The van der Waals surface area contributed by atoms with Crippen LogP contribution < -0.4 is 0 Å². The second kappa shape index (κ2) is 13.5. The number of hydrogen-bond donors (Lipinski definition) is 0. The molecule has 0 aromatic carbocycles.